The maximum atomic E-state index is 12.7. The smallest absolute Gasteiger partial charge is 0.253 e. The highest BCUT2D eigenvalue weighted by Gasteiger charge is 2.06. The topological polar surface area (TPSA) is 52.0 Å². The van der Waals surface area contributed by atoms with Crippen molar-refractivity contribution in [3.63, 3.8) is 0 Å². The Balaban J connectivity index is 1.89. The predicted octanol–water partition coefficient (Wildman–Crippen LogP) is 2.05. The Morgan fingerprint density at radius 3 is 2.63 bits per heavy atom. The number of hydrogen-bond acceptors (Lipinski definition) is 3. The van der Waals surface area contributed by atoms with Crippen molar-refractivity contribution >= 4 is 5.78 Å². The number of carbonyl (C=O) groups excluding carboxylic acids is 1. The van der Waals surface area contributed by atoms with Crippen LogP contribution in [-0.2, 0) is 6.54 Å². The number of nitrogens with zero attached hydrogens (tertiary/aromatic N) is 2. The highest BCUT2D eigenvalue weighted by atomic mass is 19.1. The number of benzene rings is 1. The monoisotopic (exact) mass is 260 g/mol. The quantitative estimate of drug-likeness (QED) is 0.773. The van der Waals surface area contributed by atoms with Gasteiger partial charge < -0.3 is 0 Å². The van der Waals surface area contributed by atoms with Crippen molar-refractivity contribution in [2.24, 2.45) is 0 Å². The van der Waals surface area contributed by atoms with Crippen LogP contribution in [-0.4, -0.2) is 15.3 Å². The van der Waals surface area contributed by atoms with Crippen molar-refractivity contribution < 1.29 is 9.18 Å². The van der Waals surface area contributed by atoms with E-state index < -0.39 is 0 Å². The van der Waals surface area contributed by atoms with Crippen LogP contribution in [0.2, 0.25) is 0 Å². The molecule has 0 unspecified atom stereocenters. The summed E-state index contributed by atoms with van der Waals surface area (Å²) in [4.78, 5) is 27.1. The van der Waals surface area contributed by atoms with Crippen LogP contribution in [0.5, 0.6) is 0 Å². The van der Waals surface area contributed by atoms with Crippen LogP contribution in [0.3, 0.4) is 0 Å². The molecule has 0 bridgehead atoms. The third-order valence-electron chi connectivity index (χ3n) is 2.76. The van der Waals surface area contributed by atoms with Gasteiger partial charge in [0.25, 0.3) is 5.56 Å². The van der Waals surface area contributed by atoms with Crippen LogP contribution in [0.4, 0.5) is 4.39 Å². The average molecular weight is 260 g/mol. The van der Waals surface area contributed by atoms with E-state index in [1.807, 2.05) is 0 Å². The number of hydrogen-bond donors (Lipinski definition) is 0. The lowest BCUT2D eigenvalue weighted by Crippen LogP contribution is -2.19. The third kappa shape index (κ3) is 3.58. The number of aryl methyl sites for hydroxylation is 1. The summed E-state index contributed by atoms with van der Waals surface area (Å²) in [6, 6.07) is 6.83. The lowest BCUT2D eigenvalue weighted by atomic mass is 10.1. The molecular weight excluding hydrogens is 247 g/mol. The Kier molecular flexibility index (Phi) is 4.18. The average Bonchev–Trinajstić information content (AvgIpc) is 2.41. The predicted molar refractivity (Wildman–Crippen MR) is 68.5 cm³/mol. The molecule has 0 amide bonds. The van der Waals surface area contributed by atoms with Gasteiger partial charge in [-0.15, -0.1) is 0 Å². The fourth-order valence-electron chi connectivity index (χ4n) is 1.74. The van der Waals surface area contributed by atoms with Gasteiger partial charge in [-0.25, -0.2) is 9.37 Å². The van der Waals surface area contributed by atoms with E-state index in [4.69, 9.17) is 0 Å². The first-order valence-electron chi connectivity index (χ1n) is 5.96. The summed E-state index contributed by atoms with van der Waals surface area (Å²) in [5, 5.41) is 0. The first-order chi connectivity index (χ1) is 9.16. The van der Waals surface area contributed by atoms with Crippen LogP contribution in [0.25, 0.3) is 0 Å². The molecule has 0 spiro atoms. The molecule has 0 saturated heterocycles. The van der Waals surface area contributed by atoms with Gasteiger partial charge in [-0.05, 0) is 30.7 Å². The molecule has 1 aromatic carbocycles. The molecule has 19 heavy (non-hydrogen) atoms. The van der Waals surface area contributed by atoms with E-state index in [0.29, 0.717) is 24.9 Å². The molecule has 0 saturated carbocycles. The van der Waals surface area contributed by atoms with Crippen molar-refractivity contribution in [2.45, 2.75) is 19.4 Å². The molecule has 98 valence electrons. The lowest BCUT2D eigenvalue weighted by molar-refractivity contribution is 0.0978. The summed E-state index contributed by atoms with van der Waals surface area (Å²) in [7, 11) is 0. The molecule has 0 fully saturated rings. The number of halogens is 1. The zero-order valence-corrected chi connectivity index (χ0v) is 10.3. The molecule has 2 aromatic rings. The number of Topliss-reactive ketones (excluding diaryl/α,β-unsaturated/α-hetero) is 1. The standard InChI is InChI=1S/C14H13FN2O2/c15-12-5-3-11(4-6-12)13(18)2-1-9-17-10-16-8-7-14(17)19/h3-8,10H,1-2,9H2. The van der Waals surface area contributed by atoms with E-state index in [-0.39, 0.29) is 17.2 Å². The Hall–Kier alpha value is -2.30. The van der Waals surface area contributed by atoms with E-state index in [1.54, 1.807) is 0 Å². The summed E-state index contributed by atoms with van der Waals surface area (Å²) >= 11 is 0. The maximum Gasteiger partial charge on any atom is 0.253 e. The van der Waals surface area contributed by atoms with E-state index in [2.05, 4.69) is 4.98 Å². The van der Waals surface area contributed by atoms with Gasteiger partial charge in [0.05, 0.1) is 6.33 Å². The summed E-state index contributed by atoms with van der Waals surface area (Å²) < 4.78 is 14.2. The molecule has 0 radical (unpaired) electrons. The Morgan fingerprint density at radius 2 is 1.95 bits per heavy atom. The molecule has 0 atom stereocenters. The summed E-state index contributed by atoms with van der Waals surface area (Å²) in [5.41, 5.74) is 0.351. The van der Waals surface area contributed by atoms with Gasteiger partial charge in [0.15, 0.2) is 5.78 Å². The number of aromatic nitrogens is 2. The first-order valence-corrected chi connectivity index (χ1v) is 5.96. The molecule has 1 aromatic heterocycles. The molecular formula is C14H13FN2O2. The summed E-state index contributed by atoms with van der Waals surface area (Å²) in [6.07, 6.45) is 3.74. The zero-order chi connectivity index (χ0) is 13.7. The van der Waals surface area contributed by atoms with Gasteiger partial charge in [-0.1, -0.05) is 0 Å². The van der Waals surface area contributed by atoms with E-state index in [9.17, 15) is 14.0 Å². The van der Waals surface area contributed by atoms with Gasteiger partial charge in [0, 0.05) is 30.8 Å². The Bertz CT molecular complexity index is 620. The second kappa shape index (κ2) is 6.04. The van der Waals surface area contributed by atoms with Crippen LogP contribution < -0.4 is 5.56 Å². The van der Waals surface area contributed by atoms with Crippen LogP contribution >= 0.6 is 0 Å². The van der Waals surface area contributed by atoms with E-state index in [0.717, 1.165) is 0 Å². The van der Waals surface area contributed by atoms with Gasteiger partial charge in [-0.3, -0.25) is 14.2 Å². The van der Waals surface area contributed by atoms with Gasteiger partial charge in [-0.2, -0.15) is 0 Å². The minimum atomic E-state index is -0.363. The highest BCUT2D eigenvalue weighted by molar-refractivity contribution is 5.95. The normalized spacial score (nSPS) is 10.4. The molecule has 1 heterocycles. The van der Waals surface area contributed by atoms with Crippen LogP contribution in [0.15, 0.2) is 47.7 Å². The number of carbonyl (C=O) groups is 1. The number of rotatable bonds is 5. The van der Waals surface area contributed by atoms with Crippen molar-refractivity contribution in [3.05, 3.63) is 64.6 Å². The van der Waals surface area contributed by atoms with Gasteiger partial charge >= 0.3 is 0 Å². The fraction of sp³-hybridized carbons (Fsp3) is 0.214. The second-order valence-electron chi connectivity index (χ2n) is 4.15. The molecule has 2 rings (SSSR count). The molecule has 0 aliphatic rings. The Labute approximate surface area is 109 Å². The van der Waals surface area contributed by atoms with Gasteiger partial charge in [0.2, 0.25) is 0 Å². The zero-order valence-electron chi connectivity index (χ0n) is 10.3. The van der Waals surface area contributed by atoms with Crippen molar-refractivity contribution in [1.82, 2.24) is 9.55 Å². The second-order valence-corrected chi connectivity index (χ2v) is 4.15. The maximum absolute atomic E-state index is 12.7. The molecule has 4 nitrogen and oxygen atoms in total. The fourth-order valence-corrected chi connectivity index (χ4v) is 1.74. The third-order valence-corrected chi connectivity index (χ3v) is 2.76. The number of ketones is 1. The first kappa shape index (κ1) is 13.1. The summed E-state index contributed by atoms with van der Waals surface area (Å²) in [6.45, 7) is 0.444. The lowest BCUT2D eigenvalue weighted by Gasteiger charge is -2.04. The molecule has 0 aliphatic heterocycles. The van der Waals surface area contributed by atoms with Crippen molar-refractivity contribution in [3.8, 4) is 0 Å². The SMILES string of the molecule is O=C(CCCn1cnccc1=O)c1ccc(F)cc1. The minimum absolute atomic E-state index is 0.0584. The molecule has 0 N–H and O–H groups in total. The van der Waals surface area contributed by atoms with E-state index in [1.165, 1.54) is 47.4 Å². The van der Waals surface area contributed by atoms with Crippen molar-refractivity contribution in [1.29, 1.82) is 0 Å². The van der Waals surface area contributed by atoms with E-state index >= 15 is 0 Å². The van der Waals surface area contributed by atoms with Crippen molar-refractivity contribution in [2.75, 3.05) is 0 Å². The van der Waals surface area contributed by atoms with Gasteiger partial charge in [0.1, 0.15) is 5.82 Å². The molecule has 5 heteroatoms. The Morgan fingerprint density at radius 1 is 1.21 bits per heavy atom. The highest BCUT2D eigenvalue weighted by Crippen LogP contribution is 2.07. The largest absolute Gasteiger partial charge is 0.299 e. The molecule has 0 aliphatic carbocycles. The summed E-state index contributed by atoms with van der Waals surface area (Å²) in [5.74, 6) is -0.421. The minimum Gasteiger partial charge on any atom is -0.299 e. The van der Waals surface area contributed by atoms with Crippen LogP contribution in [0, 0.1) is 5.82 Å². The van der Waals surface area contributed by atoms with Crippen LogP contribution in [0.1, 0.15) is 23.2 Å².